The molecule has 2 aliphatic carbocycles. The van der Waals surface area contributed by atoms with Crippen LogP contribution >= 0.6 is 155 Å². The highest BCUT2D eigenvalue weighted by atomic mass is 79.9. The number of amides is 1. The summed E-state index contributed by atoms with van der Waals surface area (Å²) in [4.78, 5) is 60.7. The van der Waals surface area contributed by atoms with Gasteiger partial charge in [-0.05, 0) is 144 Å². The number of aromatic nitrogens is 4. The van der Waals surface area contributed by atoms with E-state index in [1.165, 1.54) is 43.0 Å². The highest BCUT2D eigenvalue weighted by Crippen LogP contribution is 2.35. The molecule has 0 unspecified atom stereocenters. The van der Waals surface area contributed by atoms with Crippen molar-refractivity contribution in [2.75, 3.05) is 33.4 Å². The van der Waals surface area contributed by atoms with E-state index in [1.54, 1.807) is 6.07 Å². The Morgan fingerprint density at radius 3 is 1.27 bits per heavy atom. The van der Waals surface area contributed by atoms with Gasteiger partial charge in [-0.15, -0.1) is 0 Å². The second-order valence-corrected chi connectivity index (χ2v) is 21.1. The first-order valence-electron chi connectivity index (χ1n) is 17.6. The van der Waals surface area contributed by atoms with Crippen LogP contribution in [0.15, 0.2) is 66.9 Å². The summed E-state index contributed by atoms with van der Waals surface area (Å²) in [5.41, 5.74) is 4.89. The number of nitrogens with two attached hydrogens (primary N) is 1. The average molecular weight is 1350 g/mol. The van der Waals surface area contributed by atoms with E-state index >= 15 is 0 Å². The molecule has 66 heavy (non-hydrogen) atoms. The van der Waals surface area contributed by atoms with Gasteiger partial charge in [0.15, 0.2) is 0 Å². The Bertz CT molecular complexity index is 2300. The number of likely N-dealkylation sites (N-methyl/N-ethyl adjacent to an activating group) is 1. The summed E-state index contributed by atoms with van der Waals surface area (Å²) in [7, 11) is 9.47. The topological polar surface area (TPSA) is 255 Å². The summed E-state index contributed by atoms with van der Waals surface area (Å²) < 4.78 is 16.8. The molecule has 16 nitrogen and oxygen atoms in total. The fourth-order valence-corrected chi connectivity index (χ4v) is 6.31. The minimum absolute atomic E-state index is 0.000648. The molecule has 0 radical (unpaired) electrons. The summed E-state index contributed by atoms with van der Waals surface area (Å²) >= 11 is 45.3. The number of nitrogens with one attached hydrogen (secondary N) is 1. The molecular weight excluding hydrogens is 1320 g/mol. The molecule has 3 fully saturated rings. The molecule has 0 spiro atoms. The maximum atomic E-state index is 11.8. The molecule has 29 heteroatoms. The Kier molecular flexibility index (Phi) is 29.5. The van der Waals surface area contributed by atoms with E-state index in [0.29, 0.717) is 30.7 Å². The van der Waals surface area contributed by atoms with Gasteiger partial charge in [0, 0.05) is 77.1 Å². The number of aromatic carboxylic acids is 1. The smallest absolute Gasteiger partial charge is 0.338 e. The zero-order chi connectivity index (χ0) is 50.4. The number of nitriles is 2. The fourth-order valence-electron chi connectivity index (χ4n) is 3.85. The molecule has 4 aromatic rings. The summed E-state index contributed by atoms with van der Waals surface area (Å²) in [5.74, 6) is -1.44. The predicted molar refractivity (Wildman–Crippen MR) is 270 cm³/mol. The van der Waals surface area contributed by atoms with Crippen LogP contribution in [0.3, 0.4) is 0 Å². The van der Waals surface area contributed by atoms with Crippen LogP contribution in [-0.4, -0.2) is 101 Å². The van der Waals surface area contributed by atoms with Crippen LogP contribution in [0.2, 0.25) is 20.6 Å². The van der Waals surface area contributed by atoms with Crippen LogP contribution in [0.4, 0.5) is 0 Å². The zero-order valence-corrected chi connectivity index (χ0v) is 46.5. The van der Waals surface area contributed by atoms with Crippen LogP contribution in [0.25, 0.3) is 0 Å². The molecule has 1 saturated heterocycles. The Labute approximate surface area is 453 Å². The highest BCUT2D eigenvalue weighted by Gasteiger charge is 2.45. The first-order valence-corrected chi connectivity index (χ1v) is 25.8. The summed E-state index contributed by atoms with van der Waals surface area (Å²) in [6, 6.07) is 10.1. The SMILES string of the molecule is CN1CCOCC1.N#CC1(N)CC1.N#CC1(NC(=O)c2cc(Br)cnc2Cl)CC1.O=C(Cl)c1cc(Br)cnc1Cl.O=C(Cl)c1cc(Br)cnc1Cl.O=C(O)c1cc(Br)cnc1Cl.O=S(Cl)Cl. The number of pyridine rings is 4. The molecule has 0 aromatic carbocycles. The van der Waals surface area contributed by atoms with E-state index < -0.39 is 36.8 Å². The van der Waals surface area contributed by atoms with E-state index in [1.807, 2.05) is 6.07 Å². The van der Waals surface area contributed by atoms with Crippen LogP contribution in [0.1, 0.15) is 67.1 Å². The third kappa shape index (κ3) is 25.7. The van der Waals surface area contributed by atoms with Gasteiger partial charge >= 0.3 is 5.97 Å². The number of carbonyl (C=O) groups is 4. The molecule has 7 rings (SSSR count). The number of hydrogen-bond donors (Lipinski definition) is 3. The maximum Gasteiger partial charge on any atom is 0.338 e. The number of carboxylic acid groups (broad SMARTS) is 1. The lowest BCUT2D eigenvalue weighted by Gasteiger charge is -2.21. The number of carboxylic acids is 1. The van der Waals surface area contributed by atoms with E-state index in [0.717, 1.165) is 39.1 Å². The minimum Gasteiger partial charge on any atom is -0.478 e. The predicted octanol–water partition coefficient (Wildman–Crippen LogP) is 11.2. The Hall–Kier alpha value is -1.87. The van der Waals surface area contributed by atoms with Gasteiger partial charge in [-0.3, -0.25) is 14.4 Å². The largest absolute Gasteiger partial charge is 0.478 e. The lowest BCUT2D eigenvalue weighted by atomic mass is 10.2. The highest BCUT2D eigenvalue weighted by molar-refractivity contribution is 9.11. The van der Waals surface area contributed by atoms with E-state index in [2.05, 4.69) is 128 Å². The third-order valence-electron chi connectivity index (χ3n) is 7.68. The van der Waals surface area contributed by atoms with Gasteiger partial charge in [-0.25, -0.2) is 28.9 Å². The number of ether oxygens (including phenoxy) is 1. The van der Waals surface area contributed by atoms with Gasteiger partial charge in [0.05, 0.1) is 47.6 Å². The summed E-state index contributed by atoms with van der Waals surface area (Å²) in [6.07, 6.45) is 9.10. The van der Waals surface area contributed by atoms with Crippen molar-refractivity contribution >= 4 is 186 Å². The van der Waals surface area contributed by atoms with E-state index in [-0.39, 0.29) is 48.8 Å². The van der Waals surface area contributed by atoms with Crippen molar-refractivity contribution in [2.24, 2.45) is 5.73 Å². The van der Waals surface area contributed by atoms with Gasteiger partial charge < -0.3 is 25.8 Å². The molecule has 3 aliphatic rings. The van der Waals surface area contributed by atoms with Crippen LogP contribution in [-0.2, 0) is 14.0 Å². The van der Waals surface area contributed by atoms with Crippen LogP contribution in [0, 0.1) is 22.7 Å². The van der Waals surface area contributed by atoms with Crippen molar-refractivity contribution in [3.63, 3.8) is 0 Å². The third-order valence-corrected chi connectivity index (χ3v) is 11.0. The van der Waals surface area contributed by atoms with Crippen molar-refractivity contribution in [3.8, 4) is 12.1 Å². The van der Waals surface area contributed by atoms with Crippen molar-refractivity contribution < 1.29 is 33.2 Å². The maximum absolute atomic E-state index is 11.8. The molecule has 1 amide bonds. The Morgan fingerprint density at radius 2 is 1.05 bits per heavy atom. The first-order chi connectivity index (χ1) is 30.8. The van der Waals surface area contributed by atoms with Gasteiger partial charge in [0.2, 0.25) is 9.23 Å². The average Bonchev–Trinajstić information content (AvgIpc) is 4.20. The normalized spacial score (nSPS) is 14.3. The summed E-state index contributed by atoms with van der Waals surface area (Å²) in [6.45, 7) is 4.02. The molecule has 4 N–H and O–H groups in total. The molecule has 4 aromatic heterocycles. The number of morpholine rings is 1. The second kappa shape index (κ2) is 31.4. The van der Waals surface area contributed by atoms with Gasteiger partial charge in [-0.1, -0.05) is 46.4 Å². The van der Waals surface area contributed by atoms with Gasteiger partial charge in [-0.2, -0.15) is 10.5 Å². The lowest BCUT2D eigenvalue weighted by Crippen LogP contribution is -2.35. The second-order valence-electron chi connectivity index (χ2n) is 12.8. The molecule has 5 heterocycles. The number of hydrogen-bond acceptors (Lipinski definition) is 14. The number of halogens is 12. The van der Waals surface area contributed by atoms with E-state index in [4.69, 9.17) is 99.9 Å². The molecule has 356 valence electrons. The van der Waals surface area contributed by atoms with Crippen molar-refractivity contribution in [3.05, 3.63) is 110 Å². The van der Waals surface area contributed by atoms with Gasteiger partial charge in [0.25, 0.3) is 16.4 Å². The Balaban J connectivity index is 0.000000398. The molecule has 1 aliphatic heterocycles. The van der Waals surface area contributed by atoms with Crippen LogP contribution in [0.5, 0.6) is 0 Å². The molecule has 0 atom stereocenters. The standard InChI is InChI=1S/C10H7BrClN3O.2C6H2BrCl2NO.C6H3BrClNO2.C5H11NO.C4H6N2.Cl2OS/c11-6-3-7(8(12)14-4-6)9(16)15-10(5-13)1-2-10;2*7-3-1-4(6(9)11)5(8)10-2-3;7-3-1-4(6(10)11)5(8)9-2-3;1-6-2-4-7-5-3-6;5-3-4(6)1-2-4;1-4(2)3/h3-4H,1-2H2,(H,15,16);2*1-2H;1-2H,(H,10,11);2-5H2,1H3;1-2,6H2;. The molecule has 2 saturated carbocycles. The van der Waals surface area contributed by atoms with Crippen molar-refractivity contribution in [1.29, 1.82) is 10.5 Å². The summed E-state index contributed by atoms with van der Waals surface area (Å²) in [5, 5.41) is 27.3. The molecular formula is C37H31Br4Cl8N9O7S. The number of carbonyl (C=O) groups excluding carboxylic acids is 3. The fraction of sp³-hybridized carbons (Fsp3) is 0.297. The minimum atomic E-state index is -1.67. The Morgan fingerprint density at radius 1 is 0.712 bits per heavy atom. The zero-order valence-electron chi connectivity index (χ0n) is 33.3. The number of rotatable bonds is 5. The monoisotopic (exact) mass is 1340 g/mol. The van der Waals surface area contributed by atoms with Crippen LogP contribution < -0.4 is 11.1 Å². The van der Waals surface area contributed by atoms with Crippen molar-refractivity contribution in [1.82, 2.24) is 30.2 Å². The first kappa shape index (κ1) is 62.1. The number of nitrogens with zero attached hydrogens (tertiary/aromatic N) is 7. The van der Waals surface area contributed by atoms with E-state index in [9.17, 15) is 19.2 Å². The lowest BCUT2D eigenvalue weighted by molar-refractivity contribution is 0.0503. The molecule has 0 bridgehead atoms. The van der Waals surface area contributed by atoms with Crippen molar-refractivity contribution in [2.45, 2.75) is 36.8 Å². The quantitative estimate of drug-likeness (QED) is 0.124. The van der Waals surface area contributed by atoms with Gasteiger partial charge in [0.1, 0.15) is 31.7 Å².